The minimum absolute atomic E-state index is 0.0257. The molecule has 2 heterocycles. The molecule has 2 aromatic heterocycles. The Morgan fingerprint density at radius 1 is 0.554 bits per heavy atom. The summed E-state index contributed by atoms with van der Waals surface area (Å²) in [6.07, 6.45) is -2.51. The van der Waals surface area contributed by atoms with Gasteiger partial charge in [-0.2, -0.15) is 26.3 Å². The van der Waals surface area contributed by atoms with Crippen LogP contribution in [0.25, 0.3) is 0 Å². The fourth-order valence-electron chi connectivity index (χ4n) is 8.10. The molecule has 22 heteroatoms. The van der Waals surface area contributed by atoms with Crippen molar-refractivity contribution in [2.24, 2.45) is 11.8 Å². The van der Waals surface area contributed by atoms with E-state index in [1.807, 2.05) is 71.9 Å². The standard InChI is InChI=1S/C28H29F3N4O3.C23H21N3O4.C10H13F3N2/c1-16(2)34-22-10-18(9-21(13-22)28(29,30)31)11-23(36)12-20-6-7-24(8-17(20)3)38-26-14-25(32-15-33-26)35-27(37)19-4-5-19;1-15-11-19(10-9-17(15)12-22(27)30-18-5-3-2-4-6-18)29-21-13-20(24-14-25-21)26-23(28)16-7-8-16;1-6(2)15-9-4-7(10(11,12)13)3-8(14)5-9/h6-10,13-16,19,34H,4-5,11-12H2,1-3H3,(H,32,33,35,37);2-6,9-11,13-14,16H,7-8,12H2,1H3,(H,24,25,26,28);3-6,15H,14H2,1-2H3. The van der Waals surface area contributed by atoms with Crippen molar-refractivity contribution in [1.29, 1.82) is 0 Å². The number of halogens is 6. The van der Waals surface area contributed by atoms with Crippen molar-refractivity contribution in [3.63, 3.8) is 0 Å². The van der Waals surface area contributed by atoms with E-state index >= 15 is 0 Å². The fraction of sp³-hybridized carbons (Fsp3) is 0.311. The summed E-state index contributed by atoms with van der Waals surface area (Å²) in [7, 11) is 0. The Hall–Kier alpha value is -9.08. The lowest BCUT2D eigenvalue weighted by Gasteiger charge is -2.15. The van der Waals surface area contributed by atoms with E-state index in [4.69, 9.17) is 19.9 Å². The second-order valence-corrected chi connectivity index (χ2v) is 20.6. The lowest BCUT2D eigenvalue weighted by Crippen LogP contribution is -2.14. The number of esters is 1. The monoisotopic (exact) mass is 1150 g/mol. The van der Waals surface area contributed by atoms with Crippen molar-refractivity contribution in [2.75, 3.05) is 27.0 Å². The zero-order chi connectivity index (χ0) is 60.0. The highest BCUT2D eigenvalue weighted by Crippen LogP contribution is 2.36. The van der Waals surface area contributed by atoms with Crippen LogP contribution in [0.1, 0.15) is 92.3 Å². The third kappa shape index (κ3) is 20.1. The second kappa shape index (κ2) is 27.6. The van der Waals surface area contributed by atoms with Crippen LogP contribution in [-0.4, -0.2) is 55.6 Å². The van der Waals surface area contributed by atoms with Gasteiger partial charge in [0.1, 0.15) is 47.3 Å². The molecule has 2 fully saturated rings. The van der Waals surface area contributed by atoms with Gasteiger partial charge in [0, 0.05) is 66.0 Å². The van der Waals surface area contributed by atoms with E-state index in [1.54, 1.807) is 48.5 Å². The first-order valence-electron chi connectivity index (χ1n) is 26.6. The Bertz CT molecular complexity index is 3410. The summed E-state index contributed by atoms with van der Waals surface area (Å²) >= 11 is 0. The van der Waals surface area contributed by atoms with Crippen molar-refractivity contribution in [3.05, 3.63) is 167 Å². The average molecular weight is 1150 g/mol. The number of rotatable bonds is 19. The van der Waals surface area contributed by atoms with Gasteiger partial charge in [-0.05, 0) is 168 Å². The number of para-hydroxylation sites is 1. The van der Waals surface area contributed by atoms with Gasteiger partial charge in [0.05, 0.1) is 17.5 Å². The summed E-state index contributed by atoms with van der Waals surface area (Å²) in [5, 5.41) is 11.4. The van der Waals surface area contributed by atoms with Gasteiger partial charge in [-0.1, -0.05) is 30.3 Å². The maximum absolute atomic E-state index is 13.4. The van der Waals surface area contributed by atoms with Crippen LogP contribution in [0, 0.1) is 25.7 Å². The predicted octanol–water partition coefficient (Wildman–Crippen LogP) is 13.3. The number of ether oxygens (including phenoxy) is 3. The molecule has 2 saturated carbocycles. The van der Waals surface area contributed by atoms with Crippen LogP contribution >= 0.6 is 0 Å². The first kappa shape index (κ1) is 61.5. The van der Waals surface area contributed by atoms with Crippen LogP contribution in [0.4, 0.5) is 55.0 Å². The number of ketones is 1. The average Bonchev–Trinajstić information content (AvgIpc) is 4.43. The van der Waals surface area contributed by atoms with Gasteiger partial charge < -0.3 is 41.2 Å². The first-order chi connectivity index (χ1) is 39.3. The van der Waals surface area contributed by atoms with Gasteiger partial charge in [-0.25, -0.2) is 19.9 Å². The maximum Gasteiger partial charge on any atom is 0.416 e. The quantitative estimate of drug-likeness (QED) is 0.0220. The zero-order valence-electron chi connectivity index (χ0n) is 46.4. The summed E-state index contributed by atoms with van der Waals surface area (Å²) in [6, 6.07) is 29.8. The number of amides is 2. The van der Waals surface area contributed by atoms with Gasteiger partial charge in [0.25, 0.3) is 0 Å². The van der Waals surface area contributed by atoms with E-state index in [0.29, 0.717) is 51.7 Å². The molecular formula is C61H63F6N9O7. The summed E-state index contributed by atoms with van der Waals surface area (Å²) < 4.78 is 94.3. The molecule has 436 valence electrons. The Morgan fingerprint density at radius 3 is 1.48 bits per heavy atom. The Labute approximate surface area is 476 Å². The van der Waals surface area contributed by atoms with Gasteiger partial charge >= 0.3 is 18.3 Å². The van der Waals surface area contributed by atoms with Crippen LogP contribution < -0.4 is 41.2 Å². The molecule has 16 nitrogen and oxygen atoms in total. The van der Waals surface area contributed by atoms with E-state index in [1.165, 1.54) is 24.8 Å². The van der Waals surface area contributed by atoms with Crippen molar-refractivity contribution in [2.45, 2.75) is 111 Å². The number of anilines is 5. The molecule has 83 heavy (non-hydrogen) atoms. The molecule has 2 aliphatic rings. The van der Waals surface area contributed by atoms with Crippen LogP contribution in [0.2, 0.25) is 0 Å². The van der Waals surface area contributed by atoms with E-state index in [0.717, 1.165) is 72.2 Å². The molecular weight excluding hydrogens is 1080 g/mol. The van der Waals surface area contributed by atoms with Crippen molar-refractivity contribution >= 4 is 52.3 Å². The highest BCUT2D eigenvalue weighted by molar-refractivity contribution is 5.94. The fourth-order valence-corrected chi connectivity index (χ4v) is 8.10. The molecule has 2 aliphatic carbocycles. The molecule has 6 N–H and O–H groups in total. The summed E-state index contributed by atoms with van der Waals surface area (Å²) in [4.78, 5) is 65.1. The molecule has 2 amide bonds. The molecule has 0 radical (unpaired) electrons. The Kier molecular flexibility index (Phi) is 20.5. The number of Topliss-reactive ketones (excluding diaryl/α,β-unsaturated/α-hetero) is 1. The van der Waals surface area contributed by atoms with Crippen molar-refractivity contribution in [3.8, 4) is 29.0 Å². The number of nitrogens with one attached hydrogen (secondary N) is 4. The minimum atomic E-state index is -4.51. The predicted molar refractivity (Wildman–Crippen MR) is 302 cm³/mol. The van der Waals surface area contributed by atoms with Gasteiger partial charge in [0.15, 0.2) is 0 Å². The van der Waals surface area contributed by atoms with Gasteiger partial charge in [0.2, 0.25) is 23.6 Å². The second-order valence-electron chi connectivity index (χ2n) is 20.6. The van der Waals surface area contributed by atoms with Crippen LogP contribution in [-0.2, 0) is 50.8 Å². The smallest absolute Gasteiger partial charge is 0.416 e. The highest BCUT2D eigenvalue weighted by atomic mass is 19.4. The van der Waals surface area contributed by atoms with E-state index in [-0.39, 0.29) is 78.3 Å². The molecule has 9 rings (SSSR count). The number of benzene rings is 5. The number of carbonyl (C=O) groups is 4. The van der Waals surface area contributed by atoms with Gasteiger partial charge in [-0.3, -0.25) is 19.2 Å². The number of carbonyl (C=O) groups excluding carboxylic acids is 4. The van der Waals surface area contributed by atoms with Gasteiger partial charge in [-0.15, -0.1) is 0 Å². The third-order valence-electron chi connectivity index (χ3n) is 12.4. The number of hydrogen-bond acceptors (Lipinski definition) is 14. The number of aromatic nitrogens is 4. The number of nitrogens with two attached hydrogens (primary N) is 1. The first-order valence-corrected chi connectivity index (χ1v) is 26.6. The van der Waals surface area contributed by atoms with Crippen LogP contribution in [0.15, 0.2) is 128 Å². The largest absolute Gasteiger partial charge is 0.439 e. The molecule has 7 aromatic rings. The summed E-state index contributed by atoms with van der Waals surface area (Å²) in [6.45, 7) is 11.1. The topological polar surface area (TPSA) is 222 Å². The third-order valence-corrected chi connectivity index (χ3v) is 12.4. The molecule has 5 aromatic carbocycles. The molecule has 0 spiro atoms. The van der Waals surface area contributed by atoms with Crippen LogP contribution in [0.3, 0.4) is 0 Å². The number of nitrogens with zero attached hydrogens (tertiary/aromatic N) is 4. The maximum atomic E-state index is 13.4. The Morgan fingerprint density at radius 2 is 1.02 bits per heavy atom. The van der Waals surface area contributed by atoms with E-state index in [2.05, 4.69) is 41.2 Å². The van der Waals surface area contributed by atoms with Crippen molar-refractivity contribution in [1.82, 2.24) is 19.9 Å². The molecule has 0 bridgehead atoms. The normalized spacial score (nSPS) is 12.9. The lowest BCUT2D eigenvalue weighted by atomic mass is 9.98. The van der Waals surface area contributed by atoms with E-state index in [9.17, 15) is 45.5 Å². The number of hydrogen-bond donors (Lipinski definition) is 5. The van der Waals surface area contributed by atoms with E-state index < -0.39 is 23.5 Å². The van der Waals surface area contributed by atoms with Crippen molar-refractivity contribution < 1.29 is 59.7 Å². The minimum Gasteiger partial charge on any atom is -0.439 e. The molecule has 0 unspecified atom stereocenters. The summed E-state index contributed by atoms with van der Waals surface area (Å²) in [5.41, 5.74) is 8.28. The lowest BCUT2D eigenvalue weighted by molar-refractivity contribution is -0.138. The SMILES string of the molecule is CC(C)Nc1cc(N)cc(C(F)(F)F)c1.Cc1cc(Oc2cc(NC(=O)C3CC3)ncn2)ccc1CC(=O)Cc1cc(NC(C)C)cc(C(F)(F)F)c1.Cc1cc(Oc2cc(NC(=O)C3CC3)ncn2)ccc1CC(=O)Oc1ccccc1. The summed E-state index contributed by atoms with van der Waals surface area (Å²) in [5.74, 6) is 2.43. The number of nitrogen functional groups attached to an aromatic ring is 1. The van der Waals surface area contributed by atoms with Crippen LogP contribution in [0.5, 0.6) is 29.0 Å². The molecule has 0 atom stereocenters. The number of aryl methyl sites for hydroxylation is 2. The zero-order valence-corrected chi connectivity index (χ0v) is 46.4. The Balaban J connectivity index is 0.000000195. The molecule has 0 aliphatic heterocycles. The highest BCUT2D eigenvalue weighted by Gasteiger charge is 2.33. The number of alkyl halides is 6. The molecule has 0 saturated heterocycles.